The van der Waals surface area contributed by atoms with Crippen LogP contribution in [-0.2, 0) is 4.79 Å². The van der Waals surface area contributed by atoms with Gasteiger partial charge in [0.15, 0.2) is 0 Å². The summed E-state index contributed by atoms with van der Waals surface area (Å²) in [7, 11) is 0. The lowest BCUT2D eigenvalue weighted by atomic mass is 10.1. The second kappa shape index (κ2) is 7.99. The molecule has 1 N–H and O–H groups in total. The first-order chi connectivity index (χ1) is 10.1. The smallest absolute Gasteiger partial charge is 0.328 e. The van der Waals surface area contributed by atoms with Gasteiger partial charge < -0.3 is 9.84 Å². The van der Waals surface area contributed by atoms with Gasteiger partial charge in [-0.25, -0.2) is 4.79 Å². The van der Waals surface area contributed by atoms with Crippen LogP contribution >= 0.6 is 31.9 Å². The number of aliphatic carboxylic acids is 1. The van der Waals surface area contributed by atoms with Crippen molar-refractivity contribution in [3.8, 4) is 5.75 Å². The van der Waals surface area contributed by atoms with Gasteiger partial charge >= 0.3 is 5.97 Å². The van der Waals surface area contributed by atoms with Crippen LogP contribution in [0, 0.1) is 0 Å². The van der Waals surface area contributed by atoms with Crippen molar-refractivity contribution in [3.05, 3.63) is 32.7 Å². The molecular weight excluding hydrogens is 400 g/mol. The van der Waals surface area contributed by atoms with E-state index in [-0.39, 0.29) is 6.10 Å². The first-order valence-electron chi connectivity index (χ1n) is 7.13. The minimum Gasteiger partial charge on any atom is -0.488 e. The summed E-state index contributed by atoms with van der Waals surface area (Å²) >= 11 is 7.03. The molecule has 0 spiro atoms. The van der Waals surface area contributed by atoms with Crippen molar-refractivity contribution < 1.29 is 14.6 Å². The Morgan fingerprint density at radius 2 is 1.71 bits per heavy atom. The van der Waals surface area contributed by atoms with Crippen LogP contribution in [0.25, 0.3) is 6.08 Å². The van der Waals surface area contributed by atoms with Gasteiger partial charge in [0.25, 0.3) is 0 Å². The second-order valence-electron chi connectivity index (χ2n) is 5.22. The van der Waals surface area contributed by atoms with Crippen LogP contribution in [0.15, 0.2) is 27.2 Å². The Morgan fingerprint density at radius 3 is 2.24 bits per heavy atom. The molecule has 0 radical (unpaired) electrons. The predicted molar refractivity (Wildman–Crippen MR) is 90.6 cm³/mol. The third-order valence-electron chi connectivity index (χ3n) is 3.53. The molecule has 1 aromatic carbocycles. The largest absolute Gasteiger partial charge is 0.488 e. The topological polar surface area (TPSA) is 46.5 Å². The van der Waals surface area contributed by atoms with E-state index in [2.05, 4.69) is 31.9 Å². The third kappa shape index (κ3) is 5.15. The number of hydrogen-bond acceptors (Lipinski definition) is 2. The minimum atomic E-state index is -0.957. The normalized spacial score (nSPS) is 16.9. The number of ether oxygens (including phenoxy) is 1. The molecule has 21 heavy (non-hydrogen) atoms. The zero-order valence-electron chi connectivity index (χ0n) is 11.6. The molecule has 1 aromatic rings. The highest BCUT2D eigenvalue weighted by Crippen LogP contribution is 2.37. The standard InChI is InChI=1S/C16H18Br2O3/c17-13-9-11(7-8-15(19)20)10-14(18)16(13)21-12-5-3-1-2-4-6-12/h7-10,12H,1-6H2,(H,19,20)/b8-7+. The van der Waals surface area contributed by atoms with E-state index in [1.165, 1.54) is 25.7 Å². The van der Waals surface area contributed by atoms with Gasteiger partial charge in [-0.3, -0.25) is 0 Å². The molecule has 1 fully saturated rings. The number of rotatable bonds is 4. The average Bonchev–Trinajstić information content (AvgIpc) is 2.69. The third-order valence-corrected chi connectivity index (χ3v) is 4.70. The van der Waals surface area contributed by atoms with Gasteiger partial charge in [0.1, 0.15) is 5.75 Å². The van der Waals surface area contributed by atoms with Crippen molar-refractivity contribution in [2.45, 2.75) is 44.6 Å². The molecule has 0 saturated heterocycles. The lowest BCUT2D eigenvalue weighted by molar-refractivity contribution is -0.131. The molecule has 0 bridgehead atoms. The Kier molecular flexibility index (Phi) is 6.30. The van der Waals surface area contributed by atoms with Crippen LogP contribution in [0.2, 0.25) is 0 Å². The minimum absolute atomic E-state index is 0.264. The number of benzene rings is 1. The molecule has 0 atom stereocenters. The molecular formula is C16H18Br2O3. The van der Waals surface area contributed by atoms with Gasteiger partial charge in [0.05, 0.1) is 15.0 Å². The number of carboxylic acid groups (broad SMARTS) is 1. The fourth-order valence-electron chi connectivity index (χ4n) is 2.48. The van der Waals surface area contributed by atoms with Crippen LogP contribution in [0.1, 0.15) is 44.1 Å². The van der Waals surface area contributed by atoms with Crippen molar-refractivity contribution in [1.29, 1.82) is 0 Å². The zero-order valence-corrected chi connectivity index (χ0v) is 14.8. The summed E-state index contributed by atoms with van der Waals surface area (Å²) in [6.45, 7) is 0. The molecule has 2 rings (SSSR count). The fraction of sp³-hybridized carbons (Fsp3) is 0.438. The van der Waals surface area contributed by atoms with Gasteiger partial charge in [-0.05, 0) is 81.3 Å². The van der Waals surface area contributed by atoms with Crippen LogP contribution < -0.4 is 4.74 Å². The van der Waals surface area contributed by atoms with Crippen molar-refractivity contribution in [2.75, 3.05) is 0 Å². The summed E-state index contributed by atoms with van der Waals surface area (Å²) in [5.74, 6) is -0.157. The number of hydrogen-bond donors (Lipinski definition) is 1. The van der Waals surface area contributed by atoms with Gasteiger partial charge in [-0.1, -0.05) is 12.8 Å². The zero-order chi connectivity index (χ0) is 15.2. The Labute approximate surface area is 141 Å². The van der Waals surface area contributed by atoms with E-state index in [0.29, 0.717) is 0 Å². The van der Waals surface area contributed by atoms with Crippen molar-refractivity contribution in [2.24, 2.45) is 0 Å². The molecule has 0 aliphatic heterocycles. The SMILES string of the molecule is O=C(O)/C=C/c1cc(Br)c(OC2CCCCCC2)c(Br)c1. The lowest BCUT2D eigenvalue weighted by Gasteiger charge is -2.19. The number of carbonyl (C=O) groups is 1. The highest BCUT2D eigenvalue weighted by molar-refractivity contribution is 9.11. The predicted octanol–water partition coefficient (Wildman–Crippen LogP) is 5.41. The van der Waals surface area contributed by atoms with E-state index in [9.17, 15) is 4.79 Å². The highest BCUT2D eigenvalue weighted by Gasteiger charge is 2.17. The molecule has 0 amide bonds. The Hall–Kier alpha value is -0.810. The van der Waals surface area contributed by atoms with Gasteiger partial charge in [0.2, 0.25) is 0 Å². The molecule has 1 aliphatic rings. The van der Waals surface area contributed by atoms with Gasteiger partial charge in [0, 0.05) is 6.08 Å². The summed E-state index contributed by atoms with van der Waals surface area (Å²) in [4.78, 5) is 10.6. The van der Waals surface area contributed by atoms with Crippen LogP contribution in [0.4, 0.5) is 0 Å². The van der Waals surface area contributed by atoms with Crippen molar-refractivity contribution in [3.63, 3.8) is 0 Å². The first kappa shape index (κ1) is 16.6. The quantitative estimate of drug-likeness (QED) is 0.526. The molecule has 114 valence electrons. The summed E-state index contributed by atoms with van der Waals surface area (Å²) < 4.78 is 7.82. The van der Waals surface area contributed by atoms with E-state index in [1.54, 1.807) is 6.08 Å². The summed E-state index contributed by atoms with van der Waals surface area (Å²) in [6, 6.07) is 3.74. The summed E-state index contributed by atoms with van der Waals surface area (Å²) in [5, 5.41) is 8.68. The summed E-state index contributed by atoms with van der Waals surface area (Å²) in [5.41, 5.74) is 0.810. The molecule has 0 heterocycles. The molecule has 1 aliphatic carbocycles. The number of halogens is 2. The Balaban J connectivity index is 2.14. The maximum absolute atomic E-state index is 10.6. The second-order valence-corrected chi connectivity index (χ2v) is 6.93. The maximum atomic E-state index is 10.6. The van der Waals surface area contributed by atoms with E-state index in [0.717, 1.165) is 39.2 Å². The molecule has 0 aromatic heterocycles. The van der Waals surface area contributed by atoms with Crippen LogP contribution in [0.3, 0.4) is 0 Å². The van der Waals surface area contributed by atoms with E-state index < -0.39 is 5.97 Å². The van der Waals surface area contributed by atoms with Crippen molar-refractivity contribution >= 4 is 43.9 Å². The van der Waals surface area contributed by atoms with Crippen LogP contribution in [-0.4, -0.2) is 17.2 Å². The highest BCUT2D eigenvalue weighted by atomic mass is 79.9. The molecule has 3 nitrogen and oxygen atoms in total. The Morgan fingerprint density at radius 1 is 1.14 bits per heavy atom. The van der Waals surface area contributed by atoms with E-state index >= 15 is 0 Å². The van der Waals surface area contributed by atoms with E-state index in [4.69, 9.17) is 9.84 Å². The molecule has 1 saturated carbocycles. The Bertz CT molecular complexity index is 509. The number of carboxylic acids is 1. The molecule has 5 heteroatoms. The first-order valence-corrected chi connectivity index (χ1v) is 8.71. The van der Waals surface area contributed by atoms with Gasteiger partial charge in [-0.15, -0.1) is 0 Å². The average molecular weight is 418 g/mol. The monoisotopic (exact) mass is 416 g/mol. The van der Waals surface area contributed by atoms with Gasteiger partial charge in [-0.2, -0.15) is 0 Å². The fourth-order valence-corrected chi connectivity index (χ4v) is 3.89. The lowest BCUT2D eigenvalue weighted by Crippen LogP contribution is -2.15. The van der Waals surface area contributed by atoms with Crippen molar-refractivity contribution in [1.82, 2.24) is 0 Å². The van der Waals surface area contributed by atoms with Crippen LogP contribution in [0.5, 0.6) is 5.75 Å². The molecule has 0 unspecified atom stereocenters. The maximum Gasteiger partial charge on any atom is 0.328 e. The summed E-state index contributed by atoms with van der Waals surface area (Å²) in [6.07, 6.45) is 10.2. The van der Waals surface area contributed by atoms with E-state index in [1.807, 2.05) is 12.1 Å².